The first kappa shape index (κ1) is 33.9. The molecule has 4 aromatic rings. The van der Waals surface area contributed by atoms with Gasteiger partial charge in [0.05, 0.1) is 10.6 Å². The van der Waals surface area contributed by atoms with Crippen LogP contribution >= 0.6 is 0 Å². The van der Waals surface area contributed by atoms with Gasteiger partial charge in [0, 0.05) is 19.0 Å². The van der Waals surface area contributed by atoms with Crippen molar-refractivity contribution in [1.82, 2.24) is 10.2 Å². The number of carbonyl (C=O) groups excluding carboxylic acids is 2. The Morgan fingerprint density at radius 3 is 2.09 bits per heavy atom. The molecule has 0 radical (unpaired) electrons. The summed E-state index contributed by atoms with van der Waals surface area (Å²) < 4.78 is 29.9. The second kappa shape index (κ2) is 15.0. The first-order chi connectivity index (χ1) is 22.5. The van der Waals surface area contributed by atoms with Crippen molar-refractivity contribution in [3.8, 4) is 0 Å². The van der Waals surface area contributed by atoms with E-state index in [1.165, 1.54) is 4.31 Å². The molecular weight excluding hydrogens is 607 g/mol. The van der Waals surface area contributed by atoms with E-state index in [9.17, 15) is 18.0 Å². The van der Waals surface area contributed by atoms with Crippen molar-refractivity contribution >= 4 is 27.5 Å². The molecule has 1 saturated carbocycles. The highest BCUT2D eigenvalue weighted by molar-refractivity contribution is 7.92. The summed E-state index contributed by atoms with van der Waals surface area (Å²) in [7, 11) is -4.15. The first-order valence-electron chi connectivity index (χ1n) is 16.4. The highest BCUT2D eigenvalue weighted by Crippen LogP contribution is 2.29. The van der Waals surface area contributed by atoms with Gasteiger partial charge in [-0.3, -0.25) is 13.9 Å². The van der Waals surface area contributed by atoms with Gasteiger partial charge in [0.25, 0.3) is 10.0 Å². The Morgan fingerprint density at radius 2 is 1.43 bits per heavy atom. The molecule has 1 aliphatic rings. The van der Waals surface area contributed by atoms with Crippen molar-refractivity contribution in [3.63, 3.8) is 0 Å². The molecule has 0 bridgehead atoms. The molecule has 0 unspecified atom stereocenters. The van der Waals surface area contributed by atoms with Crippen LogP contribution in [-0.4, -0.2) is 43.8 Å². The highest BCUT2D eigenvalue weighted by Gasteiger charge is 2.36. The van der Waals surface area contributed by atoms with Gasteiger partial charge in [-0.1, -0.05) is 103 Å². The van der Waals surface area contributed by atoms with E-state index < -0.39 is 28.5 Å². The Morgan fingerprint density at radius 1 is 0.787 bits per heavy atom. The van der Waals surface area contributed by atoms with Gasteiger partial charge in [-0.25, -0.2) is 8.42 Å². The van der Waals surface area contributed by atoms with Gasteiger partial charge in [0.1, 0.15) is 12.6 Å². The van der Waals surface area contributed by atoms with E-state index in [0.29, 0.717) is 12.1 Å². The number of nitrogens with zero attached hydrogens (tertiary/aromatic N) is 2. The Hall–Kier alpha value is -4.43. The molecule has 0 heterocycles. The van der Waals surface area contributed by atoms with Crippen molar-refractivity contribution in [2.45, 2.75) is 83.3 Å². The summed E-state index contributed by atoms with van der Waals surface area (Å²) in [6.45, 7) is 7.37. The molecule has 4 aromatic carbocycles. The fourth-order valence-corrected chi connectivity index (χ4v) is 7.81. The van der Waals surface area contributed by atoms with Crippen LogP contribution in [0.5, 0.6) is 0 Å². The van der Waals surface area contributed by atoms with Gasteiger partial charge in [-0.2, -0.15) is 0 Å². The van der Waals surface area contributed by atoms with Crippen LogP contribution in [0.25, 0.3) is 0 Å². The van der Waals surface area contributed by atoms with Crippen molar-refractivity contribution in [3.05, 3.63) is 130 Å². The maximum Gasteiger partial charge on any atom is 0.264 e. The second-order valence-corrected chi connectivity index (χ2v) is 14.6. The van der Waals surface area contributed by atoms with E-state index in [0.717, 1.165) is 59.1 Å². The molecule has 5 rings (SSSR count). The van der Waals surface area contributed by atoms with Crippen LogP contribution in [0, 0.1) is 27.7 Å². The second-order valence-electron chi connectivity index (χ2n) is 12.8. The van der Waals surface area contributed by atoms with Crippen LogP contribution in [-0.2, 0) is 32.6 Å². The van der Waals surface area contributed by atoms with E-state index in [1.807, 2.05) is 94.4 Å². The predicted octanol–water partition coefficient (Wildman–Crippen LogP) is 6.81. The third-order valence-electron chi connectivity index (χ3n) is 9.08. The van der Waals surface area contributed by atoms with Gasteiger partial charge < -0.3 is 10.2 Å². The molecule has 7 nitrogen and oxygen atoms in total. The third kappa shape index (κ3) is 8.30. The minimum Gasteiger partial charge on any atom is -0.352 e. The topological polar surface area (TPSA) is 86.8 Å². The molecule has 8 heteroatoms. The third-order valence-corrected chi connectivity index (χ3v) is 10.9. The molecule has 1 N–H and O–H groups in total. The van der Waals surface area contributed by atoms with Gasteiger partial charge in [-0.05, 0) is 81.0 Å². The molecule has 2 amide bonds. The summed E-state index contributed by atoms with van der Waals surface area (Å²) in [5.74, 6) is -0.673. The lowest BCUT2D eigenvalue weighted by Crippen LogP contribution is -2.54. The normalized spacial score (nSPS) is 14.0. The molecule has 0 spiro atoms. The zero-order chi connectivity index (χ0) is 33.6. The molecule has 47 heavy (non-hydrogen) atoms. The van der Waals surface area contributed by atoms with Gasteiger partial charge in [0.2, 0.25) is 11.8 Å². The largest absolute Gasteiger partial charge is 0.352 e. The summed E-state index contributed by atoms with van der Waals surface area (Å²) in [6, 6.07) is 28.8. The Bertz CT molecular complexity index is 1800. The van der Waals surface area contributed by atoms with E-state index in [4.69, 9.17) is 0 Å². The predicted molar refractivity (Wildman–Crippen MR) is 188 cm³/mol. The number of rotatable bonds is 12. The lowest BCUT2D eigenvalue weighted by Gasteiger charge is -2.35. The van der Waals surface area contributed by atoms with Crippen molar-refractivity contribution in [2.75, 3.05) is 10.8 Å². The number of hydrogen-bond acceptors (Lipinski definition) is 4. The number of benzene rings is 4. The number of carbonyl (C=O) groups is 2. The quantitative estimate of drug-likeness (QED) is 0.182. The average molecular weight is 652 g/mol. The zero-order valence-electron chi connectivity index (χ0n) is 27.8. The first-order valence-corrected chi connectivity index (χ1v) is 17.8. The number of hydrogen-bond donors (Lipinski definition) is 1. The summed E-state index contributed by atoms with van der Waals surface area (Å²) in [6.07, 6.45) is 4.23. The van der Waals surface area contributed by atoms with Crippen molar-refractivity contribution < 1.29 is 18.0 Å². The molecule has 1 aliphatic carbocycles. The maximum absolute atomic E-state index is 14.8. The van der Waals surface area contributed by atoms with Crippen LogP contribution < -0.4 is 9.62 Å². The van der Waals surface area contributed by atoms with Crippen LogP contribution in [0.15, 0.2) is 102 Å². The van der Waals surface area contributed by atoms with E-state index in [1.54, 1.807) is 35.2 Å². The van der Waals surface area contributed by atoms with Crippen LogP contribution in [0.4, 0.5) is 5.69 Å². The average Bonchev–Trinajstić information content (AvgIpc) is 3.56. The fourth-order valence-electron chi connectivity index (χ4n) is 6.33. The monoisotopic (exact) mass is 651 g/mol. The SMILES string of the molecule is Cc1ccc(S(=O)(=O)N(CC(=O)N(Cc2ccccc2C)[C@@H](Cc2ccccc2)C(=O)NC2CCCC2)c2ccc(C)cc2C)cc1. The summed E-state index contributed by atoms with van der Waals surface area (Å²) in [5.41, 5.74) is 5.87. The zero-order valence-corrected chi connectivity index (χ0v) is 28.6. The van der Waals surface area contributed by atoms with Gasteiger partial charge in [-0.15, -0.1) is 0 Å². The fraction of sp³-hybridized carbons (Fsp3) is 0.333. The number of anilines is 1. The van der Waals surface area contributed by atoms with Gasteiger partial charge >= 0.3 is 0 Å². The number of amides is 2. The van der Waals surface area contributed by atoms with E-state index in [-0.39, 0.29) is 23.4 Å². The molecular formula is C39H45N3O4S. The highest BCUT2D eigenvalue weighted by atomic mass is 32.2. The van der Waals surface area contributed by atoms with E-state index in [2.05, 4.69) is 5.32 Å². The van der Waals surface area contributed by atoms with Gasteiger partial charge in [0.15, 0.2) is 0 Å². The Balaban J connectivity index is 1.59. The van der Waals surface area contributed by atoms with Crippen molar-refractivity contribution in [1.29, 1.82) is 0 Å². The maximum atomic E-state index is 14.8. The number of nitrogens with one attached hydrogen (secondary N) is 1. The minimum absolute atomic E-state index is 0.0600. The molecule has 1 atom stereocenters. The lowest BCUT2D eigenvalue weighted by atomic mass is 10.0. The molecule has 0 aromatic heterocycles. The lowest BCUT2D eigenvalue weighted by molar-refractivity contribution is -0.140. The smallest absolute Gasteiger partial charge is 0.264 e. The Kier molecular flexibility index (Phi) is 10.8. The minimum atomic E-state index is -4.15. The van der Waals surface area contributed by atoms with Crippen LogP contribution in [0.1, 0.15) is 59.1 Å². The number of sulfonamides is 1. The number of aryl methyl sites for hydroxylation is 4. The molecule has 0 aliphatic heterocycles. The molecule has 1 fully saturated rings. The summed E-state index contributed by atoms with van der Waals surface area (Å²) in [5, 5.41) is 3.23. The molecule has 0 saturated heterocycles. The van der Waals surface area contributed by atoms with Crippen LogP contribution in [0.3, 0.4) is 0 Å². The standard InChI is InChI=1S/C39H45N3O4S/c1-28-18-21-35(22-19-28)47(45,46)42(36-23-20-29(2)24-31(36)4)27-38(43)41(26-33-15-9-8-12-30(33)3)37(25-32-13-6-5-7-14-32)39(44)40-34-16-10-11-17-34/h5-9,12-15,18-24,34,37H,10-11,16-17,25-27H2,1-4H3,(H,40,44)/t37-/m0/s1. The summed E-state index contributed by atoms with van der Waals surface area (Å²) >= 11 is 0. The summed E-state index contributed by atoms with van der Waals surface area (Å²) in [4.78, 5) is 30.6. The van der Waals surface area contributed by atoms with E-state index >= 15 is 0 Å². The van der Waals surface area contributed by atoms with Crippen LogP contribution in [0.2, 0.25) is 0 Å². The van der Waals surface area contributed by atoms with Crippen molar-refractivity contribution in [2.24, 2.45) is 0 Å². The Labute approximate surface area is 279 Å². The molecule has 246 valence electrons.